The number of nitrogens with one attached hydrogen (secondary N) is 1. The Bertz CT molecular complexity index is 954. The largest absolute Gasteiger partial charge is 0.497 e. The number of pyridine rings is 1. The quantitative estimate of drug-likeness (QED) is 0.577. The number of ether oxygens (including phenoxy) is 2. The Kier molecular flexibility index (Phi) is 6.27. The molecule has 1 heterocycles. The van der Waals surface area contributed by atoms with Gasteiger partial charge < -0.3 is 14.8 Å². The van der Waals surface area contributed by atoms with Crippen LogP contribution in [0.15, 0.2) is 66.9 Å². The van der Waals surface area contributed by atoms with Crippen LogP contribution in [0.25, 0.3) is 0 Å². The van der Waals surface area contributed by atoms with E-state index in [1.54, 1.807) is 37.6 Å². The number of aromatic nitrogens is 1. The summed E-state index contributed by atoms with van der Waals surface area (Å²) < 4.78 is 11.1. The van der Waals surface area contributed by atoms with Gasteiger partial charge in [-0.1, -0.05) is 24.3 Å². The summed E-state index contributed by atoms with van der Waals surface area (Å²) >= 11 is 0. The molecular formula is C23H24N2O3. The van der Waals surface area contributed by atoms with Crippen molar-refractivity contribution in [3.05, 3.63) is 83.6 Å². The number of hydrogen-bond acceptors (Lipinski definition) is 5. The molecule has 0 amide bonds. The minimum Gasteiger partial charge on any atom is -0.497 e. The second kappa shape index (κ2) is 9.04. The highest BCUT2D eigenvalue weighted by molar-refractivity contribution is 6.12. The molecule has 0 aliphatic heterocycles. The van der Waals surface area contributed by atoms with E-state index in [-0.39, 0.29) is 11.8 Å². The Balaban J connectivity index is 1.77. The van der Waals surface area contributed by atoms with E-state index in [2.05, 4.69) is 10.3 Å². The van der Waals surface area contributed by atoms with Crippen LogP contribution in [0.1, 0.15) is 35.3 Å². The van der Waals surface area contributed by atoms with Crippen LogP contribution < -0.4 is 14.8 Å². The zero-order valence-electron chi connectivity index (χ0n) is 16.3. The van der Waals surface area contributed by atoms with E-state index in [4.69, 9.17) is 9.47 Å². The summed E-state index contributed by atoms with van der Waals surface area (Å²) in [7, 11) is 1.63. The van der Waals surface area contributed by atoms with Crippen molar-refractivity contribution in [2.75, 3.05) is 12.4 Å². The fourth-order valence-electron chi connectivity index (χ4n) is 2.79. The zero-order valence-corrected chi connectivity index (χ0v) is 16.3. The molecule has 0 radical (unpaired) electrons. The highest BCUT2D eigenvalue weighted by Crippen LogP contribution is 2.22. The third-order valence-electron chi connectivity index (χ3n) is 4.11. The van der Waals surface area contributed by atoms with Gasteiger partial charge in [-0.2, -0.15) is 0 Å². The van der Waals surface area contributed by atoms with Gasteiger partial charge in [-0.3, -0.25) is 4.79 Å². The first-order valence-corrected chi connectivity index (χ1v) is 9.19. The van der Waals surface area contributed by atoms with Gasteiger partial charge in [0.15, 0.2) is 5.78 Å². The van der Waals surface area contributed by atoms with Crippen molar-refractivity contribution in [1.82, 2.24) is 4.98 Å². The van der Waals surface area contributed by atoms with Crippen molar-refractivity contribution in [3.8, 4) is 11.5 Å². The molecule has 0 saturated carbocycles. The van der Waals surface area contributed by atoms with Gasteiger partial charge in [0.25, 0.3) is 0 Å². The lowest BCUT2D eigenvalue weighted by Crippen LogP contribution is -2.15. The van der Waals surface area contributed by atoms with E-state index < -0.39 is 0 Å². The number of anilines is 1. The molecule has 3 rings (SSSR count). The predicted octanol–water partition coefficient (Wildman–Crippen LogP) is 4.72. The van der Waals surface area contributed by atoms with Crippen molar-refractivity contribution < 1.29 is 14.3 Å². The van der Waals surface area contributed by atoms with Crippen LogP contribution in [0.2, 0.25) is 0 Å². The monoisotopic (exact) mass is 376 g/mol. The normalized spacial score (nSPS) is 10.6. The smallest absolute Gasteiger partial charge is 0.196 e. The fourth-order valence-corrected chi connectivity index (χ4v) is 2.79. The van der Waals surface area contributed by atoms with E-state index in [1.807, 2.05) is 50.2 Å². The molecule has 5 heteroatoms. The van der Waals surface area contributed by atoms with Gasteiger partial charge in [0.1, 0.15) is 23.9 Å². The number of carbonyl (C=O) groups is 1. The van der Waals surface area contributed by atoms with Crippen molar-refractivity contribution >= 4 is 11.6 Å². The molecule has 3 aromatic rings. The number of methoxy groups -OCH3 is 1. The number of rotatable bonds is 8. The van der Waals surface area contributed by atoms with Crippen LogP contribution in [0.4, 0.5) is 5.82 Å². The summed E-state index contributed by atoms with van der Waals surface area (Å²) in [4.78, 5) is 17.3. The molecule has 0 atom stereocenters. The third kappa shape index (κ3) is 4.88. The number of nitrogens with zero attached hydrogens (tertiary/aromatic N) is 1. The number of ketones is 1. The van der Waals surface area contributed by atoms with E-state index in [0.717, 1.165) is 11.3 Å². The summed E-state index contributed by atoms with van der Waals surface area (Å²) in [5.41, 5.74) is 2.09. The Morgan fingerprint density at radius 3 is 2.61 bits per heavy atom. The van der Waals surface area contributed by atoms with Gasteiger partial charge >= 0.3 is 0 Å². The first kappa shape index (κ1) is 19.4. The third-order valence-corrected chi connectivity index (χ3v) is 4.11. The SMILES string of the molecule is COc1cccc(COc2cccc(C(=O)c3cccnc3NC(C)C)c2)c1. The first-order valence-electron chi connectivity index (χ1n) is 9.19. The van der Waals surface area contributed by atoms with Gasteiger partial charge in [-0.05, 0) is 55.8 Å². The molecule has 5 nitrogen and oxygen atoms in total. The van der Waals surface area contributed by atoms with Gasteiger partial charge in [0, 0.05) is 17.8 Å². The van der Waals surface area contributed by atoms with Crippen LogP contribution in [0.3, 0.4) is 0 Å². The van der Waals surface area contributed by atoms with E-state index in [0.29, 0.717) is 29.3 Å². The standard InChI is InChI=1S/C23H24N2O3/c1-16(2)25-23-21(11-6-12-24-23)22(26)18-8-5-10-20(14-18)28-15-17-7-4-9-19(13-17)27-3/h4-14,16H,15H2,1-3H3,(H,24,25). The van der Waals surface area contributed by atoms with E-state index in [9.17, 15) is 4.79 Å². The second-order valence-corrected chi connectivity index (χ2v) is 6.70. The maximum Gasteiger partial charge on any atom is 0.196 e. The number of benzene rings is 2. The average Bonchev–Trinajstić information content (AvgIpc) is 2.72. The fraction of sp³-hybridized carbons (Fsp3) is 0.217. The van der Waals surface area contributed by atoms with Gasteiger partial charge in [0.05, 0.1) is 12.7 Å². The molecule has 28 heavy (non-hydrogen) atoms. The maximum atomic E-state index is 13.0. The van der Waals surface area contributed by atoms with E-state index in [1.165, 1.54) is 0 Å². The lowest BCUT2D eigenvalue weighted by molar-refractivity contribution is 0.103. The molecular weight excluding hydrogens is 352 g/mol. The van der Waals surface area contributed by atoms with Crippen LogP contribution in [-0.2, 0) is 6.61 Å². The zero-order chi connectivity index (χ0) is 19.9. The highest BCUT2D eigenvalue weighted by atomic mass is 16.5. The highest BCUT2D eigenvalue weighted by Gasteiger charge is 2.15. The van der Waals surface area contributed by atoms with Crippen LogP contribution >= 0.6 is 0 Å². The predicted molar refractivity (Wildman–Crippen MR) is 110 cm³/mol. The minimum atomic E-state index is -0.0944. The molecule has 0 fully saturated rings. The number of hydrogen-bond donors (Lipinski definition) is 1. The van der Waals surface area contributed by atoms with E-state index >= 15 is 0 Å². The maximum absolute atomic E-state index is 13.0. The van der Waals surface area contributed by atoms with Gasteiger partial charge in [0.2, 0.25) is 0 Å². The topological polar surface area (TPSA) is 60.5 Å². The van der Waals surface area contributed by atoms with Gasteiger partial charge in [-0.25, -0.2) is 4.98 Å². The minimum absolute atomic E-state index is 0.0944. The Morgan fingerprint density at radius 2 is 1.82 bits per heavy atom. The Hall–Kier alpha value is -3.34. The van der Waals surface area contributed by atoms with Crippen molar-refractivity contribution in [1.29, 1.82) is 0 Å². The molecule has 1 N–H and O–H groups in total. The summed E-state index contributed by atoms with van der Waals surface area (Å²) in [6, 6.07) is 18.6. The van der Waals surface area contributed by atoms with Crippen LogP contribution in [0, 0.1) is 0 Å². The first-order chi connectivity index (χ1) is 13.6. The second-order valence-electron chi connectivity index (χ2n) is 6.70. The molecule has 0 unspecified atom stereocenters. The molecule has 0 aliphatic carbocycles. The van der Waals surface area contributed by atoms with Crippen LogP contribution in [0.5, 0.6) is 11.5 Å². The van der Waals surface area contributed by atoms with Crippen molar-refractivity contribution in [3.63, 3.8) is 0 Å². The molecule has 0 spiro atoms. The van der Waals surface area contributed by atoms with Crippen LogP contribution in [-0.4, -0.2) is 23.9 Å². The Labute approximate surface area is 165 Å². The van der Waals surface area contributed by atoms with Crippen molar-refractivity contribution in [2.45, 2.75) is 26.5 Å². The molecule has 2 aromatic carbocycles. The molecule has 0 aliphatic rings. The molecule has 0 bridgehead atoms. The number of carbonyl (C=O) groups excluding carboxylic acids is 1. The van der Waals surface area contributed by atoms with Gasteiger partial charge in [-0.15, -0.1) is 0 Å². The molecule has 144 valence electrons. The summed E-state index contributed by atoms with van der Waals surface area (Å²) in [5, 5.41) is 3.22. The Morgan fingerprint density at radius 1 is 1.04 bits per heavy atom. The summed E-state index contributed by atoms with van der Waals surface area (Å²) in [6.45, 7) is 4.41. The molecule has 0 saturated heterocycles. The molecule has 1 aromatic heterocycles. The average molecular weight is 376 g/mol. The summed E-state index contributed by atoms with van der Waals surface area (Å²) in [6.07, 6.45) is 1.68. The lowest BCUT2D eigenvalue weighted by atomic mass is 10.0. The summed E-state index contributed by atoms with van der Waals surface area (Å²) in [5.74, 6) is 1.91. The lowest BCUT2D eigenvalue weighted by Gasteiger charge is -2.13. The van der Waals surface area contributed by atoms with Crippen molar-refractivity contribution in [2.24, 2.45) is 0 Å².